The van der Waals surface area contributed by atoms with Gasteiger partial charge < -0.3 is 10.6 Å². The Morgan fingerprint density at radius 2 is 2.11 bits per heavy atom. The second-order valence-electron chi connectivity index (χ2n) is 4.78. The molecule has 2 amide bonds. The summed E-state index contributed by atoms with van der Waals surface area (Å²) in [6.45, 7) is 1.17. The van der Waals surface area contributed by atoms with E-state index in [2.05, 4.69) is 5.10 Å². The first-order chi connectivity index (χ1) is 9.06. The Hall–Kier alpha value is -2.11. The van der Waals surface area contributed by atoms with Crippen LogP contribution >= 0.6 is 0 Å². The number of carbonyl (C=O) groups excluding carboxylic acids is 2. The van der Waals surface area contributed by atoms with E-state index in [-0.39, 0.29) is 17.7 Å². The maximum atomic E-state index is 12.0. The van der Waals surface area contributed by atoms with Crippen LogP contribution < -0.4 is 5.73 Å². The number of amides is 2. The second kappa shape index (κ2) is 5.69. The molecular weight excluding hydrogens is 244 g/mol. The maximum Gasteiger partial charge on any atom is 0.246 e. The lowest BCUT2D eigenvalue weighted by atomic mass is 9.96. The molecule has 0 atom stereocenters. The summed E-state index contributed by atoms with van der Waals surface area (Å²) in [6, 6.07) is 0. The van der Waals surface area contributed by atoms with Gasteiger partial charge >= 0.3 is 0 Å². The second-order valence-corrected chi connectivity index (χ2v) is 4.78. The van der Waals surface area contributed by atoms with E-state index in [4.69, 9.17) is 5.73 Å². The van der Waals surface area contributed by atoms with Crippen molar-refractivity contribution in [2.24, 2.45) is 18.7 Å². The summed E-state index contributed by atoms with van der Waals surface area (Å²) in [5, 5.41) is 4.03. The zero-order valence-corrected chi connectivity index (χ0v) is 11.0. The van der Waals surface area contributed by atoms with Crippen LogP contribution in [0.25, 0.3) is 6.08 Å². The molecule has 2 rings (SSSR count). The topological polar surface area (TPSA) is 81.2 Å². The van der Waals surface area contributed by atoms with Crippen LogP contribution in [0, 0.1) is 5.92 Å². The van der Waals surface area contributed by atoms with Gasteiger partial charge in [0.05, 0.1) is 6.20 Å². The van der Waals surface area contributed by atoms with Gasteiger partial charge in [-0.05, 0) is 18.9 Å². The van der Waals surface area contributed by atoms with Crippen LogP contribution in [0.5, 0.6) is 0 Å². The number of likely N-dealkylation sites (tertiary alicyclic amines) is 1. The smallest absolute Gasteiger partial charge is 0.246 e. The van der Waals surface area contributed by atoms with Gasteiger partial charge in [0, 0.05) is 43.9 Å². The highest BCUT2D eigenvalue weighted by atomic mass is 16.2. The number of primary amides is 1. The Balaban J connectivity index is 1.88. The van der Waals surface area contributed by atoms with Gasteiger partial charge in [0.1, 0.15) is 0 Å². The average molecular weight is 262 g/mol. The van der Waals surface area contributed by atoms with Gasteiger partial charge in [-0.15, -0.1) is 0 Å². The number of nitrogens with zero attached hydrogens (tertiary/aromatic N) is 3. The normalized spacial score (nSPS) is 17.0. The molecule has 102 valence electrons. The summed E-state index contributed by atoms with van der Waals surface area (Å²) >= 11 is 0. The third-order valence-corrected chi connectivity index (χ3v) is 3.35. The lowest BCUT2D eigenvalue weighted by Crippen LogP contribution is -2.41. The first-order valence-corrected chi connectivity index (χ1v) is 6.31. The van der Waals surface area contributed by atoms with Crippen LogP contribution in [0.15, 0.2) is 18.5 Å². The number of hydrogen-bond donors (Lipinski definition) is 1. The number of rotatable bonds is 3. The van der Waals surface area contributed by atoms with Gasteiger partial charge in [-0.1, -0.05) is 0 Å². The van der Waals surface area contributed by atoms with Gasteiger partial charge in [-0.3, -0.25) is 14.3 Å². The number of piperidine rings is 1. The lowest BCUT2D eigenvalue weighted by molar-refractivity contribution is -0.130. The van der Waals surface area contributed by atoms with Crippen LogP contribution in [0.4, 0.5) is 0 Å². The monoisotopic (exact) mass is 262 g/mol. The third kappa shape index (κ3) is 3.43. The van der Waals surface area contributed by atoms with Crippen molar-refractivity contribution in [2.75, 3.05) is 13.1 Å². The molecular formula is C13H18N4O2. The van der Waals surface area contributed by atoms with E-state index in [1.54, 1.807) is 27.9 Å². The Kier molecular flexibility index (Phi) is 3.99. The Labute approximate surface area is 111 Å². The van der Waals surface area contributed by atoms with E-state index in [9.17, 15) is 9.59 Å². The summed E-state index contributed by atoms with van der Waals surface area (Å²) in [5.41, 5.74) is 6.15. The van der Waals surface area contributed by atoms with Crippen LogP contribution in [0.1, 0.15) is 18.4 Å². The van der Waals surface area contributed by atoms with Crippen molar-refractivity contribution >= 4 is 17.9 Å². The highest BCUT2D eigenvalue weighted by Crippen LogP contribution is 2.17. The number of nitrogens with two attached hydrogens (primary N) is 1. The number of aryl methyl sites for hydroxylation is 1. The quantitative estimate of drug-likeness (QED) is 0.788. The van der Waals surface area contributed by atoms with E-state index in [0.717, 1.165) is 5.56 Å². The molecule has 0 bridgehead atoms. The van der Waals surface area contributed by atoms with E-state index in [1.165, 1.54) is 0 Å². The highest BCUT2D eigenvalue weighted by Gasteiger charge is 2.24. The minimum absolute atomic E-state index is 0.0354. The standard InChI is InChI=1S/C13H18N4O2/c1-16-9-10(8-15-16)2-3-12(18)17-6-4-11(5-7-17)13(14)19/h2-3,8-9,11H,4-7H2,1H3,(H2,14,19). The van der Waals surface area contributed by atoms with Crippen LogP contribution in [-0.2, 0) is 16.6 Å². The Bertz CT molecular complexity index is 498. The molecule has 0 aromatic carbocycles. The molecule has 1 aromatic heterocycles. The highest BCUT2D eigenvalue weighted by molar-refractivity contribution is 5.91. The van der Waals surface area contributed by atoms with E-state index >= 15 is 0 Å². The average Bonchev–Trinajstić information content (AvgIpc) is 2.82. The summed E-state index contributed by atoms with van der Waals surface area (Å²) in [5.74, 6) is -0.392. The molecule has 6 heteroatoms. The lowest BCUT2D eigenvalue weighted by Gasteiger charge is -2.29. The molecule has 0 saturated carbocycles. The van der Waals surface area contributed by atoms with Crippen LogP contribution in [0.2, 0.25) is 0 Å². The number of carbonyl (C=O) groups is 2. The predicted octanol–water partition coefficient (Wildman–Crippen LogP) is 0.157. The van der Waals surface area contributed by atoms with E-state index in [0.29, 0.717) is 25.9 Å². The molecule has 1 saturated heterocycles. The van der Waals surface area contributed by atoms with Gasteiger partial charge in [-0.25, -0.2) is 0 Å². The fraction of sp³-hybridized carbons (Fsp3) is 0.462. The first kappa shape index (κ1) is 13.3. The molecule has 2 N–H and O–H groups in total. The number of aromatic nitrogens is 2. The van der Waals surface area contributed by atoms with Crippen molar-refractivity contribution in [3.8, 4) is 0 Å². The van der Waals surface area contributed by atoms with Crippen molar-refractivity contribution in [3.05, 3.63) is 24.0 Å². The van der Waals surface area contributed by atoms with Crippen molar-refractivity contribution in [2.45, 2.75) is 12.8 Å². The Morgan fingerprint density at radius 1 is 1.42 bits per heavy atom. The Morgan fingerprint density at radius 3 is 2.63 bits per heavy atom. The molecule has 0 unspecified atom stereocenters. The van der Waals surface area contributed by atoms with Gasteiger partial charge in [0.2, 0.25) is 11.8 Å². The fourth-order valence-corrected chi connectivity index (χ4v) is 2.18. The van der Waals surface area contributed by atoms with Crippen molar-refractivity contribution < 1.29 is 9.59 Å². The number of hydrogen-bond acceptors (Lipinski definition) is 3. The van der Waals surface area contributed by atoms with E-state index < -0.39 is 0 Å². The molecule has 1 fully saturated rings. The van der Waals surface area contributed by atoms with Crippen molar-refractivity contribution in [1.29, 1.82) is 0 Å². The van der Waals surface area contributed by atoms with Crippen molar-refractivity contribution in [3.63, 3.8) is 0 Å². The minimum atomic E-state index is -0.266. The zero-order chi connectivity index (χ0) is 13.8. The predicted molar refractivity (Wildman–Crippen MR) is 70.7 cm³/mol. The molecule has 2 heterocycles. The van der Waals surface area contributed by atoms with Crippen LogP contribution in [-0.4, -0.2) is 39.6 Å². The van der Waals surface area contributed by atoms with Gasteiger partial charge in [0.25, 0.3) is 0 Å². The first-order valence-electron chi connectivity index (χ1n) is 6.31. The summed E-state index contributed by atoms with van der Waals surface area (Å²) in [6.07, 6.45) is 8.13. The minimum Gasteiger partial charge on any atom is -0.369 e. The molecule has 1 aliphatic rings. The molecule has 0 aliphatic carbocycles. The largest absolute Gasteiger partial charge is 0.369 e. The zero-order valence-electron chi connectivity index (χ0n) is 11.0. The molecule has 1 aromatic rings. The molecule has 19 heavy (non-hydrogen) atoms. The third-order valence-electron chi connectivity index (χ3n) is 3.35. The van der Waals surface area contributed by atoms with Gasteiger partial charge in [0.15, 0.2) is 0 Å². The summed E-state index contributed by atoms with van der Waals surface area (Å²) in [4.78, 5) is 24.7. The SMILES string of the molecule is Cn1cc(C=CC(=O)N2CCC(C(N)=O)CC2)cn1. The van der Waals surface area contributed by atoms with Crippen LogP contribution in [0.3, 0.4) is 0 Å². The summed E-state index contributed by atoms with van der Waals surface area (Å²) < 4.78 is 1.68. The molecule has 1 aliphatic heterocycles. The summed E-state index contributed by atoms with van der Waals surface area (Å²) in [7, 11) is 1.83. The van der Waals surface area contributed by atoms with E-state index in [1.807, 2.05) is 13.2 Å². The molecule has 6 nitrogen and oxygen atoms in total. The molecule has 0 spiro atoms. The molecule has 0 radical (unpaired) electrons. The maximum absolute atomic E-state index is 12.0. The fourth-order valence-electron chi connectivity index (χ4n) is 2.18. The van der Waals surface area contributed by atoms with Crippen molar-refractivity contribution in [1.82, 2.24) is 14.7 Å². The van der Waals surface area contributed by atoms with Gasteiger partial charge in [-0.2, -0.15) is 5.10 Å².